The van der Waals surface area contributed by atoms with Crippen molar-refractivity contribution in [2.45, 2.75) is 57.3 Å². The Labute approximate surface area is 355 Å². The minimum absolute atomic E-state index is 0.0902. The number of rotatable bonds is 11. The zero-order chi connectivity index (χ0) is 42.8. The molecule has 0 bridgehead atoms. The van der Waals surface area contributed by atoms with E-state index in [9.17, 15) is 19.6 Å². The van der Waals surface area contributed by atoms with Crippen LogP contribution in [0.5, 0.6) is 0 Å². The molecule has 2 aromatic heterocycles. The summed E-state index contributed by atoms with van der Waals surface area (Å²) >= 11 is 0. The van der Waals surface area contributed by atoms with Crippen molar-refractivity contribution in [2.75, 3.05) is 34.3 Å². The van der Waals surface area contributed by atoms with Crippen molar-refractivity contribution in [2.24, 2.45) is 11.8 Å². The number of carbonyl (C=O) groups is 3. The Morgan fingerprint density at radius 2 is 1.41 bits per heavy atom. The van der Waals surface area contributed by atoms with Crippen LogP contribution in [-0.2, 0) is 14.3 Å². The van der Waals surface area contributed by atoms with Crippen LogP contribution in [0.15, 0.2) is 103 Å². The van der Waals surface area contributed by atoms with Gasteiger partial charge in [0.15, 0.2) is 0 Å². The van der Waals surface area contributed by atoms with Crippen LogP contribution in [0.4, 0.5) is 4.79 Å². The standard InChI is InChI=1S/C48H51N9O4/c1-29(2)42(54-48(60)61-5)46(58)57-28-30(25-49)22-41(57)45-51-27-39(53-45)37-20-19-35-23-34(17-18-36(35)24-37)31-13-15-32(16-14-31)38-26-50-44(52-38)40-12-9-21-56(40)47(59)43(55(3)4)33-10-7-6-8-11-33/h6-8,10-11,13-20,23-24,26-27,29-30,40-43H,9,12,21-22,28H2,1-5H3,(H,50,52)(H,51,53)(H,54,60)/t30-,40+,41+,42+,43-/m1/s1. The summed E-state index contributed by atoms with van der Waals surface area (Å²) in [6.45, 7) is 4.67. The molecular formula is C48H51N9O4. The molecule has 0 spiro atoms. The first-order chi connectivity index (χ1) is 29.5. The maximum absolute atomic E-state index is 13.9. The van der Waals surface area contributed by atoms with Crippen molar-refractivity contribution in [3.63, 3.8) is 0 Å². The second-order valence-corrected chi connectivity index (χ2v) is 16.6. The van der Waals surface area contributed by atoms with Gasteiger partial charge < -0.3 is 29.8 Å². The molecule has 0 saturated carbocycles. The average molecular weight is 818 g/mol. The highest BCUT2D eigenvalue weighted by Crippen LogP contribution is 2.38. The van der Waals surface area contributed by atoms with E-state index in [-0.39, 0.29) is 42.3 Å². The smallest absolute Gasteiger partial charge is 0.407 e. The molecule has 0 unspecified atom stereocenters. The van der Waals surface area contributed by atoms with E-state index in [1.807, 2.05) is 74.3 Å². The lowest BCUT2D eigenvalue weighted by molar-refractivity contribution is -0.137. The average Bonchev–Trinajstić information content (AvgIpc) is 4.12. The molecule has 2 aliphatic rings. The Morgan fingerprint density at radius 1 is 0.803 bits per heavy atom. The fourth-order valence-electron chi connectivity index (χ4n) is 8.82. The van der Waals surface area contributed by atoms with E-state index < -0.39 is 18.2 Å². The number of fused-ring (bicyclic) bond motifs is 1. The Kier molecular flexibility index (Phi) is 11.7. The maximum Gasteiger partial charge on any atom is 0.407 e. The molecule has 5 atom stereocenters. The highest BCUT2D eigenvalue weighted by molar-refractivity contribution is 5.91. The topological polar surface area (TPSA) is 163 Å². The largest absolute Gasteiger partial charge is 0.453 e. The van der Waals surface area contributed by atoms with Crippen LogP contribution in [0.25, 0.3) is 44.4 Å². The zero-order valence-electron chi connectivity index (χ0n) is 35.1. The van der Waals surface area contributed by atoms with Crippen molar-refractivity contribution in [3.05, 3.63) is 121 Å². The molecule has 6 aromatic rings. The van der Waals surface area contributed by atoms with E-state index in [0.29, 0.717) is 18.8 Å². The van der Waals surface area contributed by atoms with Crippen molar-refractivity contribution in [1.82, 2.24) is 40.0 Å². The molecule has 2 aliphatic heterocycles. The van der Waals surface area contributed by atoms with Gasteiger partial charge in [-0.3, -0.25) is 14.5 Å². The van der Waals surface area contributed by atoms with Gasteiger partial charge in [-0.2, -0.15) is 5.26 Å². The predicted molar refractivity (Wildman–Crippen MR) is 233 cm³/mol. The number of alkyl carbamates (subject to hydrolysis) is 1. The predicted octanol–water partition coefficient (Wildman–Crippen LogP) is 8.05. The fourth-order valence-corrected chi connectivity index (χ4v) is 8.82. The number of carbonyl (C=O) groups excluding carboxylic acids is 3. The first kappa shape index (κ1) is 41.0. The van der Waals surface area contributed by atoms with E-state index in [4.69, 9.17) is 9.72 Å². The van der Waals surface area contributed by atoms with Gasteiger partial charge in [0, 0.05) is 18.7 Å². The number of nitrogens with one attached hydrogen (secondary N) is 3. The molecule has 13 heteroatoms. The van der Waals surface area contributed by atoms with Gasteiger partial charge in [-0.1, -0.05) is 92.7 Å². The second kappa shape index (κ2) is 17.4. The summed E-state index contributed by atoms with van der Waals surface area (Å²) < 4.78 is 4.76. The fraction of sp³-hybridized carbons (Fsp3) is 0.333. The third kappa shape index (κ3) is 8.36. The number of nitriles is 1. The molecule has 312 valence electrons. The van der Waals surface area contributed by atoms with Crippen molar-refractivity contribution < 1.29 is 19.1 Å². The quantitative estimate of drug-likeness (QED) is 0.118. The van der Waals surface area contributed by atoms with Crippen molar-refractivity contribution in [1.29, 1.82) is 5.26 Å². The highest BCUT2D eigenvalue weighted by Gasteiger charge is 2.42. The maximum atomic E-state index is 13.9. The number of hydrogen-bond donors (Lipinski definition) is 3. The summed E-state index contributed by atoms with van der Waals surface area (Å²) in [5, 5.41) is 14.6. The van der Waals surface area contributed by atoms with Gasteiger partial charge in [0.1, 0.15) is 23.7 Å². The summed E-state index contributed by atoms with van der Waals surface area (Å²) in [6.07, 6.45) is 5.18. The Bertz CT molecular complexity index is 2580. The van der Waals surface area contributed by atoms with Crippen LogP contribution in [-0.4, -0.2) is 92.9 Å². The summed E-state index contributed by atoms with van der Waals surface area (Å²) in [5.74, 6) is 0.679. The molecule has 2 fully saturated rings. The van der Waals surface area contributed by atoms with E-state index in [1.54, 1.807) is 11.1 Å². The monoisotopic (exact) mass is 817 g/mol. The van der Waals surface area contributed by atoms with Gasteiger partial charge in [-0.25, -0.2) is 14.8 Å². The number of aromatic nitrogens is 4. The normalized spacial score (nSPS) is 18.7. The lowest BCUT2D eigenvalue weighted by Gasteiger charge is -2.31. The van der Waals surface area contributed by atoms with E-state index >= 15 is 0 Å². The molecule has 2 saturated heterocycles. The van der Waals surface area contributed by atoms with Gasteiger partial charge in [-0.05, 0) is 84.4 Å². The number of benzene rings is 4. The lowest BCUT2D eigenvalue weighted by atomic mass is 9.98. The number of hydrogen-bond acceptors (Lipinski definition) is 8. The number of likely N-dealkylation sites (N-methyl/N-ethyl adjacent to an activating group) is 1. The molecule has 4 aromatic carbocycles. The summed E-state index contributed by atoms with van der Waals surface area (Å²) in [6, 6.07) is 31.7. The number of likely N-dealkylation sites (tertiary alicyclic amines) is 2. The summed E-state index contributed by atoms with van der Waals surface area (Å²) in [5.41, 5.74) is 6.84. The van der Waals surface area contributed by atoms with Crippen LogP contribution in [0.1, 0.15) is 68.4 Å². The van der Waals surface area contributed by atoms with E-state index in [1.165, 1.54) is 7.11 Å². The van der Waals surface area contributed by atoms with Gasteiger partial charge in [-0.15, -0.1) is 0 Å². The Morgan fingerprint density at radius 3 is 2.05 bits per heavy atom. The number of methoxy groups -OCH3 is 1. The molecule has 3 amide bonds. The molecule has 8 rings (SSSR count). The minimum Gasteiger partial charge on any atom is -0.453 e. The highest BCUT2D eigenvalue weighted by atomic mass is 16.5. The number of imidazole rings is 2. The molecule has 61 heavy (non-hydrogen) atoms. The van der Waals surface area contributed by atoms with Gasteiger partial charge in [0.05, 0.1) is 55.0 Å². The number of amides is 3. The van der Waals surface area contributed by atoms with Crippen LogP contribution < -0.4 is 5.32 Å². The first-order valence-corrected chi connectivity index (χ1v) is 20.8. The Hall–Kier alpha value is -6.78. The Balaban J connectivity index is 0.956. The third-order valence-electron chi connectivity index (χ3n) is 12.1. The van der Waals surface area contributed by atoms with Gasteiger partial charge >= 0.3 is 6.09 Å². The lowest BCUT2D eigenvalue weighted by Crippen LogP contribution is -2.51. The number of ether oxygens (including phenoxy) is 1. The molecule has 4 heterocycles. The second-order valence-electron chi connectivity index (χ2n) is 16.6. The van der Waals surface area contributed by atoms with Crippen LogP contribution in [0.2, 0.25) is 0 Å². The molecular weight excluding hydrogens is 767 g/mol. The van der Waals surface area contributed by atoms with Gasteiger partial charge in [0.25, 0.3) is 0 Å². The van der Waals surface area contributed by atoms with Crippen molar-refractivity contribution >= 4 is 28.7 Å². The van der Waals surface area contributed by atoms with Crippen LogP contribution >= 0.6 is 0 Å². The summed E-state index contributed by atoms with van der Waals surface area (Å²) in [4.78, 5) is 61.8. The van der Waals surface area contributed by atoms with Crippen LogP contribution in [0, 0.1) is 23.2 Å². The molecule has 13 nitrogen and oxygen atoms in total. The molecule has 0 aliphatic carbocycles. The van der Waals surface area contributed by atoms with Crippen LogP contribution in [0.3, 0.4) is 0 Å². The molecule has 3 N–H and O–H groups in total. The summed E-state index contributed by atoms with van der Waals surface area (Å²) in [7, 11) is 5.16. The van der Waals surface area contributed by atoms with Gasteiger partial charge in [0.2, 0.25) is 11.8 Å². The van der Waals surface area contributed by atoms with E-state index in [0.717, 1.165) is 68.6 Å². The minimum atomic E-state index is -0.801. The first-order valence-electron chi connectivity index (χ1n) is 20.8. The number of aromatic amines is 2. The zero-order valence-corrected chi connectivity index (χ0v) is 35.1. The van der Waals surface area contributed by atoms with E-state index in [2.05, 4.69) is 87.0 Å². The molecule has 0 radical (unpaired) electrons. The number of nitrogens with zero attached hydrogens (tertiary/aromatic N) is 6. The van der Waals surface area contributed by atoms with Crippen molar-refractivity contribution in [3.8, 4) is 39.7 Å². The third-order valence-corrected chi connectivity index (χ3v) is 12.1. The SMILES string of the molecule is COC(=O)N[C@H](C(=O)N1C[C@@H](C#N)C[C@H]1c1ncc(-c2ccc3cc(-c4ccc(-c5cnc([C@@H]6CCCN6C(=O)[C@@H](c6ccccc6)N(C)C)[nH]5)cc4)ccc3c2)[nH]1)C(C)C. The number of H-pyrrole nitrogens is 2.